The maximum atomic E-state index is 12.8. The van der Waals surface area contributed by atoms with Crippen LogP contribution in [0, 0.1) is 5.92 Å². The van der Waals surface area contributed by atoms with E-state index in [-0.39, 0.29) is 18.2 Å². The van der Waals surface area contributed by atoms with Crippen LogP contribution in [-0.4, -0.2) is 17.0 Å². The second kappa shape index (κ2) is 6.82. The largest absolute Gasteiger partial charge is 0.481 e. The Balaban J connectivity index is 1.70. The van der Waals surface area contributed by atoms with Crippen LogP contribution in [0.15, 0.2) is 48.5 Å². The number of halogens is 3. The van der Waals surface area contributed by atoms with Crippen LogP contribution in [0.1, 0.15) is 29.0 Å². The summed E-state index contributed by atoms with van der Waals surface area (Å²) >= 11 is 0. The zero-order valence-electron chi connectivity index (χ0n) is 13.6. The molecule has 2 aromatic rings. The number of hydrogen-bond donors (Lipinski definition) is 2. The molecule has 4 nitrogen and oxygen atoms in total. The second-order valence-corrected chi connectivity index (χ2v) is 6.29. The predicted octanol–water partition coefficient (Wildman–Crippen LogP) is 4.07. The van der Waals surface area contributed by atoms with Crippen LogP contribution in [0.3, 0.4) is 0 Å². The molecule has 0 bridgehead atoms. The zero-order valence-corrected chi connectivity index (χ0v) is 13.6. The number of carboxylic acids is 1. The molecule has 0 aromatic heterocycles. The normalized spacial score (nSPS) is 19.0. The molecule has 26 heavy (non-hydrogen) atoms. The van der Waals surface area contributed by atoms with Crippen LogP contribution in [0.4, 0.5) is 18.9 Å². The van der Waals surface area contributed by atoms with Gasteiger partial charge in [-0.25, -0.2) is 0 Å². The van der Waals surface area contributed by atoms with E-state index in [2.05, 4.69) is 5.32 Å². The van der Waals surface area contributed by atoms with E-state index in [1.54, 1.807) is 30.3 Å². The van der Waals surface area contributed by atoms with Crippen molar-refractivity contribution in [1.82, 2.24) is 0 Å². The van der Waals surface area contributed by atoms with Crippen molar-refractivity contribution in [3.8, 4) is 0 Å². The number of hydrogen-bond acceptors (Lipinski definition) is 2. The first kappa shape index (κ1) is 18.0. The maximum Gasteiger partial charge on any atom is 0.416 e. The lowest BCUT2D eigenvalue weighted by Crippen LogP contribution is -2.16. The lowest BCUT2D eigenvalue weighted by molar-refractivity contribution is -0.138. The molecule has 2 N–H and O–H groups in total. The number of amides is 1. The van der Waals surface area contributed by atoms with Crippen LogP contribution in [0.5, 0.6) is 0 Å². The molecule has 0 aliphatic heterocycles. The lowest BCUT2D eigenvalue weighted by atomic mass is 10.0. The smallest absolute Gasteiger partial charge is 0.416 e. The maximum absolute atomic E-state index is 12.8. The second-order valence-electron chi connectivity index (χ2n) is 6.29. The van der Waals surface area contributed by atoms with E-state index in [0.717, 1.165) is 12.1 Å². The molecule has 0 saturated heterocycles. The van der Waals surface area contributed by atoms with Crippen molar-refractivity contribution in [3.63, 3.8) is 0 Å². The summed E-state index contributed by atoms with van der Waals surface area (Å²) in [5.74, 6) is -2.01. The van der Waals surface area contributed by atoms with E-state index in [1.807, 2.05) is 0 Å². The summed E-state index contributed by atoms with van der Waals surface area (Å²) in [6, 6.07) is 11.6. The third-order valence-corrected chi connectivity index (χ3v) is 4.39. The summed E-state index contributed by atoms with van der Waals surface area (Å²) in [6.07, 6.45) is -4.18. The third-order valence-electron chi connectivity index (χ3n) is 4.39. The average molecular weight is 363 g/mol. The van der Waals surface area contributed by atoms with Gasteiger partial charge in [0.25, 0.3) is 0 Å². The molecular formula is C19H16F3NO3. The standard InChI is InChI=1S/C19H16F3NO3/c20-19(21,22)13-6-3-5-11(8-13)14-10-15(14)18(26)23-16-7-2-1-4-12(16)9-17(24)25/h1-8,14-15H,9-10H2,(H,23,26)(H,24,25). The Morgan fingerprint density at radius 2 is 1.85 bits per heavy atom. The van der Waals surface area contributed by atoms with Crippen LogP contribution in [0.25, 0.3) is 0 Å². The van der Waals surface area contributed by atoms with Crippen molar-refractivity contribution in [2.45, 2.75) is 24.9 Å². The summed E-state index contributed by atoms with van der Waals surface area (Å²) in [5, 5.41) is 11.6. The third kappa shape index (κ3) is 4.04. The van der Waals surface area contributed by atoms with Gasteiger partial charge in [0.2, 0.25) is 5.91 Å². The number of carboxylic acid groups (broad SMARTS) is 1. The number of nitrogens with one attached hydrogen (secondary N) is 1. The molecular weight excluding hydrogens is 347 g/mol. The molecule has 0 heterocycles. The molecule has 0 spiro atoms. The number of anilines is 1. The van der Waals surface area contributed by atoms with E-state index in [1.165, 1.54) is 6.07 Å². The molecule has 1 saturated carbocycles. The first-order valence-corrected chi connectivity index (χ1v) is 8.03. The molecule has 2 aromatic carbocycles. The number of carbonyl (C=O) groups is 2. The molecule has 3 rings (SSSR count). The van der Waals surface area contributed by atoms with E-state index in [9.17, 15) is 22.8 Å². The van der Waals surface area contributed by atoms with Crippen molar-refractivity contribution in [2.75, 3.05) is 5.32 Å². The van der Waals surface area contributed by atoms with Gasteiger partial charge in [0.15, 0.2) is 0 Å². The number of rotatable bonds is 5. The highest BCUT2D eigenvalue weighted by Crippen LogP contribution is 2.49. The molecule has 136 valence electrons. The first-order chi connectivity index (χ1) is 12.3. The van der Waals surface area contributed by atoms with Gasteiger partial charge in [0.05, 0.1) is 12.0 Å². The Morgan fingerprint density at radius 3 is 2.54 bits per heavy atom. The monoisotopic (exact) mass is 363 g/mol. The van der Waals surface area contributed by atoms with Gasteiger partial charge < -0.3 is 10.4 Å². The minimum atomic E-state index is -4.42. The van der Waals surface area contributed by atoms with Crippen LogP contribution < -0.4 is 5.32 Å². The van der Waals surface area contributed by atoms with E-state index < -0.39 is 23.6 Å². The van der Waals surface area contributed by atoms with Gasteiger partial charge in [-0.3, -0.25) is 9.59 Å². The minimum Gasteiger partial charge on any atom is -0.481 e. The van der Waals surface area contributed by atoms with Gasteiger partial charge in [-0.05, 0) is 35.6 Å². The van der Waals surface area contributed by atoms with Crippen LogP contribution in [-0.2, 0) is 22.2 Å². The van der Waals surface area contributed by atoms with Gasteiger partial charge in [-0.2, -0.15) is 13.2 Å². The van der Waals surface area contributed by atoms with E-state index in [0.29, 0.717) is 23.2 Å². The van der Waals surface area contributed by atoms with Crippen LogP contribution in [0.2, 0.25) is 0 Å². The lowest BCUT2D eigenvalue weighted by Gasteiger charge is -2.10. The summed E-state index contributed by atoms with van der Waals surface area (Å²) in [4.78, 5) is 23.3. The molecule has 1 aliphatic rings. The van der Waals surface area contributed by atoms with Gasteiger partial charge in [0.1, 0.15) is 0 Å². The Labute approximate surface area is 147 Å². The molecule has 2 unspecified atom stereocenters. The number of alkyl halides is 3. The number of carbonyl (C=O) groups excluding carboxylic acids is 1. The van der Waals surface area contributed by atoms with E-state index in [4.69, 9.17) is 5.11 Å². The van der Waals surface area contributed by atoms with Gasteiger partial charge in [-0.15, -0.1) is 0 Å². The molecule has 1 amide bonds. The molecule has 7 heteroatoms. The highest BCUT2D eigenvalue weighted by Gasteiger charge is 2.44. The highest BCUT2D eigenvalue weighted by atomic mass is 19.4. The average Bonchev–Trinajstić information content (AvgIpc) is 3.36. The molecule has 1 aliphatic carbocycles. The van der Waals surface area contributed by atoms with Gasteiger partial charge in [0, 0.05) is 11.6 Å². The summed E-state index contributed by atoms with van der Waals surface area (Å²) in [5.41, 5.74) is 0.644. The number of para-hydroxylation sites is 1. The number of aliphatic carboxylic acids is 1. The Hall–Kier alpha value is -2.83. The fourth-order valence-corrected chi connectivity index (χ4v) is 2.98. The van der Waals surface area contributed by atoms with Gasteiger partial charge in [-0.1, -0.05) is 36.4 Å². The Morgan fingerprint density at radius 1 is 1.12 bits per heavy atom. The molecule has 0 radical (unpaired) electrons. The van der Waals surface area contributed by atoms with E-state index >= 15 is 0 Å². The predicted molar refractivity (Wildman–Crippen MR) is 88.7 cm³/mol. The quantitative estimate of drug-likeness (QED) is 0.841. The fraction of sp³-hybridized carbons (Fsp3) is 0.263. The SMILES string of the molecule is O=C(O)Cc1ccccc1NC(=O)C1CC1c1cccc(C(F)(F)F)c1. The summed E-state index contributed by atoms with van der Waals surface area (Å²) in [6.45, 7) is 0. The van der Waals surface area contributed by atoms with Crippen molar-refractivity contribution in [3.05, 3.63) is 65.2 Å². The van der Waals surface area contributed by atoms with Crippen molar-refractivity contribution < 1.29 is 27.9 Å². The molecule has 2 atom stereocenters. The summed E-state index contributed by atoms with van der Waals surface area (Å²) in [7, 11) is 0. The fourth-order valence-electron chi connectivity index (χ4n) is 2.98. The minimum absolute atomic E-state index is 0.224. The van der Waals surface area contributed by atoms with Crippen molar-refractivity contribution >= 4 is 17.6 Å². The topological polar surface area (TPSA) is 66.4 Å². The first-order valence-electron chi connectivity index (χ1n) is 8.03. The number of benzene rings is 2. The summed E-state index contributed by atoms with van der Waals surface area (Å²) < 4.78 is 38.4. The highest BCUT2D eigenvalue weighted by molar-refractivity contribution is 5.96. The van der Waals surface area contributed by atoms with Crippen molar-refractivity contribution in [2.24, 2.45) is 5.92 Å². The van der Waals surface area contributed by atoms with Crippen molar-refractivity contribution in [1.29, 1.82) is 0 Å². The van der Waals surface area contributed by atoms with Crippen LogP contribution >= 0.6 is 0 Å². The Bertz CT molecular complexity index is 848. The van der Waals surface area contributed by atoms with Gasteiger partial charge >= 0.3 is 12.1 Å². The zero-order chi connectivity index (χ0) is 18.9. The Kier molecular flexibility index (Phi) is 4.71. The molecule has 1 fully saturated rings.